The van der Waals surface area contributed by atoms with Crippen LogP contribution < -0.4 is 10.6 Å². The lowest BCUT2D eigenvalue weighted by atomic mass is 10.4. The Morgan fingerprint density at radius 1 is 1.24 bits per heavy atom. The minimum absolute atomic E-state index is 0.0203. The number of nitrogens with one attached hydrogen (secondary N) is 2. The van der Waals surface area contributed by atoms with Gasteiger partial charge in [-0.05, 0) is 20.8 Å². The van der Waals surface area contributed by atoms with Crippen LogP contribution in [0.15, 0.2) is 12.2 Å². The van der Waals surface area contributed by atoms with Crippen molar-refractivity contribution in [2.24, 2.45) is 0 Å². The molecule has 0 spiro atoms. The molecule has 0 atom stereocenters. The van der Waals surface area contributed by atoms with Gasteiger partial charge in [0, 0.05) is 12.1 Å². The molecule has 0 radical (unpaired) electrons. The molecule has 0 aliphatic rings. The van der Waals surface area contributed by atoms with Crippen molar-refractivity contribution in [2.45, 2.75) is 26.8 Å². The van der Waals surface area contributed by atoms with E-state index in [1.165, 1.54) is 12.2 Å². The summed E-state index contributed by atoms with van der Waals surface area (Å²) in [5.41, 5.74) is 0. The zero-order chi connectivity index (χ0) is 13.3. The smallest absolute Gasteiger partial charge is 0.330 e. The van der Waals surface area contributed by atoms with Gasteiger partial charge in [0.2, 0.25) is 5.91 Å². The van der Waals surface area contributed by atoms with Crippen LogP contribution in [0.1, 0.15) is 20.8 Å². The lowest BCUT2D eigenvalue weighted by Gasteiger charge is -2.09. The van der Waals surface area contributed by atoms with Gasteiger partial charge in [-0.25, -0.2) is 4.79 Å². The molecule has 2 N–H and O–H groups in total. The van der Waals surface area contributed by atoms with E-state index in [9.17, 15) is 14.4 Å². The van der Waals surface area contributed by atoms with Crippen LogP contribution in [-0.2, 0) is 19.1 Å². The molecule has 96 valence electrons. The first-order valence-corrected chi connectivity index (χ1v) is 5.31. The van der Waals surface area contributed by atoms with Gasteiger partial charge in [-0.1, -0.05) is 6.08 Å². The molecule has 0 aromatic rings. The van der Waals surface area contributed by atoms with Gasteiger partial charge in [0.25, 0.3) is 5.91 Å². The van der Waals surface area contributed by atoms with Gasteiger partial charge in [-0.15, -0.1) is 0 Å². The SMILES string of the molecule is C/C=C/C(=O)OCC(=O)NCC(=O)NC(C)C. The third kappa shape index (κ3) is 9.10. The molecule has 0 aliphatic carbocycles. The first kappa shape index (κ1) is 15.2. The number of esters is 1. The zero-order valence-electron chi connectivity index (χ0n) is 10.3. The maximum absolute atomic E-state index is 11.2. The molecule has 6 nitrogen and oxygen atoms in total. The van der Waals surface area contributed by atoms with Crippen LogP contribution in [0.3, 0.4) is 0 Å². The maximum atomic E-state index is 11.2. The highest BCUT2D eigenvalue weighted by Gasteiger charge is 2.07. The van der Waals surface area contributed by atoms with E-state index in [1.54, 1.807) is 6.92 Å². The van der Waals surface area contributed by atoms with Gasteiger partial charge in [0.05, 0.1) is 6.54 Å². The van der Waals surface area contributed by atoms with Crippen molar-refractivity contribution in [3.8, 4) is 0 Å². The van der Waals surface area contributed by atoms with Crippen LogP contribution in [0.25, 0.3) is 0 Å². The molecule has 0 rings (SSSR count). The Labute approximate surface area is 100 Å². The van der Waals surface area contributed by atoms with E-state index >= 15 is 0 Å². The monoisotopic (exact) mass is 242 g/mol. The van der Waals surface area contributed by atoms with E-state index in [1.807, 2.05) is 13.8 Å². The molecular weight excluding hydrogens is 224 g/mol. The summed E-state index contributed by atoms with van der Waals surface area (Å²) in [6.45, 7) is 4.78. The second-order valence-electron chi connectivity index (χ2n) is 3.61. The Morgan fingerprint density at radius 2 is 1.88 bits per heavy atom. The predicted octanol–water partition coefficient (Wildman–Crippen LogP) is -0.253. The standard InChI is InChI=1S/C11H18N2O4/c1-4-5-11(16)17-7-10(15)12-6-9(14)13-8(2)3/h4-5,8H,6-7H2,1-3H3,(H,12,15)(H,13,14)/b5-4+. The van der Waals surface area contributed by atoms with Crippen molar-refractivity contribution < 1.29 is 19.1 Å². The highest BCUT2D eigenvalue weighted by Crippen LogP contribution is 1.82. The van der Waals surface area contributed by atoms with E-state index in [0.29, 0.717) is 0 Å². The zero-order valence-corrected chi connectivity index (χ0v) is 10.3. The summed E-state index contributed by atoms with van der Waals surface area (Å²) in [4.78, 5) is 33.2. The van der Waals surface area contributed by atoms with Crippen molar-refractivity contribution in [1.29, 1.82) is 0 Å². The second-order valence-corrected chi connectivity index (χ2v) is 3.61. The first-order valence-electron chi connectivity index (χ1n) is 5.31. The highest BCUT2D eigenvalue weighted by molar-refractivity contribution is 5.88. The van der Waals surface area contributed by atoms with Crippen LogP contribution in [0, 0.1) is 0 Å². The lowest BCUT2D eigenvalue weighted by molar-refractivity contribution is -0.144. The molecule has 2 amide bonds. The van der Waals surface area contributed by atoms with Crippen molar-refractivity contribution in [3.63, 3.8) is 0 Å². The molecule has 0 saturated carbocycles. The maximum Gasteiger partial charge on any atom is 0.330 e. The number of allylic oxidation sites excluding steroid dienone is 1. The molecule has 0 aromatic heterocycles. The Balaban J connectivity index is 3.73. The van der Waals surface area contributed by atoms with Gasteiger partial charge in [-0.3, -0.25) is 9.59 Å². The summed E-state index contributed by atoms with van der Waals surface area (Å²) in [7, 11) is 0. The fourth-order valence-electron chi connectivity index (χ4n) is 0.924. The van der Waals surface area contributed by atoms with Crippen LogP contribution in [0.4, 0.5) is 0 Å². The van der Waals surface area contributed by atoms with Crippen LogP contribution in [0.5, 0.6) is 0 Å². The second kappa shape index (κ2) is 8.32. The van der Waals surface area contributed by atoms with Crippen molar-refractivity contribution in [2.75, 3.05) is 13.2 Å². The molecule has 0 saturated heterocycles. The summed E-state index contributed by atoms with van der Waals surface area (Å²) >= 11 is 0. The third-order valence-electron chi connectivity index (χ3n) is 1.54. The van der Waals surface area contributed by atoms with Gasteiger partial charge in [0.15, 0.2) is 6.61 Å². The van der Waals surface area contributed by atoms with Crippen LogP contribution in [0.2, 0.25) is 0 Å². The Kier molecular flexibility index (Phi) is 7.41. The van der Waals surface area contributed by atoms with E-state index in [2.05, 4.69) is 15.4 Å². The molecule has 0 unspecified atom stereocenters. The number of hydrogen-bond donors (Lipinski definition) is 2. The van der Waals surface area contributed by atoms with E-state index in [0.717, 1.165) is 0 Å². The van der Waals surface area contributed by atoms with Crippen LogP contribution in [-0.4, -0.2) is 37.0 Å². The van der Waals surface area contributed by atoms with Crippen molar-refractivity contribution >= 4 is 17.8 Å². The number of ether oxygens (including phenoxy) is 1. The molecule has 0 fully saturated rings. The van der Waals surface area contributed by atoms with E-state index in [-0.39, 0.29) is 18.5 Å². The molecule has 0 aromatic carbocycles. The lowest BCUT2D eigenvalue weighted by Crippen LogP contribution is -2.41. The quantitative estimate of drug-likeness (QED) is 0.496. The van der Waals surface area contributed by atoms with Gasteiger partial charge >= 0.3 is 5.97 Å². The summed E-state index contributed by atoms with van der Waals surface area (Å²) in [5, 5.41) is 4.94. The van der Waals surface area contributed by atoms with Gasteiger partial charge in [0.1, 0.15) is 0 Å². The van der Waals surface area contributed by atoms with Crippen LogP contribution >= 0.6 is 0 Å². The number of carbonyl (C=O) groups excluding carboxylic acids is 3. The summed E-state index contributed by atoms with van der Waals surface area (Å²) in [5.74, 6) is -1.39. The van der Waals surface area contributed by atoms with E-state index in [4.69, 9.17) is 0 Å². The topological polar surface area (TPSA) is 84.5 Å². The number of hydrogen-bond acceptors (Lipinski definition) is 4. The predicted molar refractivity (Wildman–Crippen MR) is 62.1 cm³/mol. The minimum Gasteiger partial charge on any atom is -0.452 e. The fraction of sp³-hybridized carbons (Fsp3) is 0.545. The Hall–Kier alpha value is -1.85. The summed E-state index contributed by atoms with van der Waals surface area (Å²) in [6.07, 6.45) is 2.72. The largest absolute Gasteiger partial charge is 0.452 e. The summed E-state index contributed by atoms with van der Waals surface area (Å²) in [6, 6.07) is 0.0203. The molecular formula is C11H18N2O4. The number of rotatable bonds is 6. The Bertz CT molecular complexity index is 311. The number of amides is 2. The normalized spacial score (nSPS) is 10.4. The highest BCUT2D eigenvalue weighted by atomic mass is 16.5. The first-order chi connectivity index (χ1) is 7.95. The summed E-state index contributed by atoms with van der Waals surface area (Å²) < 4.78 is 4.59. The van der Waals surface area contributed by atoms with E-state index < -0.39 is 18.5 Å². The minimum atomic E-state index is -0.589. The van der Waals surface area contributed by atoms with Crippen molar-refractivity contribution in [3.05, 3.63) is 12.2 Å². The Morgan fingerprint density at radius 3 is 2.41 bits per heavy atom. The van der Waals surface area contributed by atoms with Crippen molar-refractivity contribution in [1.82, 2.24) is 10.6 Å². The fourth-order valence-corrected chi connectivity index (χ4v) is 0.924. The molecule has 0 heterocycles. The van der Waals surface area contributed by atoms with Gasteiger partial charge < -0.3 is 15.4 Å². The average molecular weight is 242 g/mol. The van der Waals surface area contributed by atoms with Gasteiger partial charge in [-0.2, -0.15) is 0 Å². The average Bonchev–Trinajstić information content (AvgIpc) is 2.23. The molecule has 17 heavy (non-hydrogen) atoms. The third-order valence-corrected chi connectivity index (χ3v) is 1.54. The molecule has 6 heteroatoms. The molecule has 0 aliphatic heterocycles. The number of carbonyl (C=O) groups is 3. The molecule has 0 bridgehead atoms.